The first kappa shape index (κ1) is 15.0. The molecule has 0 spiro atoms. The van der Waals surface area contributed by atoms with Crippen molar-refractivity contribution >= 4 is 23.2 Å². The van der Waals surface area contributed by atoms with E-state index < -0.39 is 11.9 Å². The normalized spacial score (nSPS) is 23.9. The molecule has 0 aromatic carbocycles. The molecule has 1 saturated heterocycles. The van der Waals surface area contributed by atoms with Crippen molar-refractivity contribution in [3.8, 4) is 0 Å². The number of carboxylic acid groups (broad SMARTS) is 1. The zero-order chi connectivity index (χ0) is 14.9. The van der Waals surface area contributed by atoms with Crippen LogP contribution in [-0.2, 0) is 9.59 Å². The Hall–Kier alpha value is -1.36. The Morgan fingerprint density at radius 3 is 2.70 bits per heavy atom. The van der Waals surface area contributed by atoms with E-state index in [1.807, 2.05) is 17.5 Å². The van der Waals surface area contributed by atoms with Crippen molar-refractivity contribution in [3.63, 3.8) is 0 Å². The summed E-state index contributed by atoms with van der Waals surface area (Å²) < 4.78 is 0. The summed E-state index contributed by atoms with van der Waals surface area (Å²) in [7, 11) is 0. The topological polar surface area (TPSA) is 57.6 Å². The van der Waals surface area contributed by atoms with Crippen LogP contribution in [0.15, 0.2) is 17.5 Å². The molecule has 2 atom stereocenters. The molecule has 1 aromatic heterocycles. The fourth-order valence-corrected chi connectivity index (χ4v) is 3.62. The number of thiophene rings is 1. The second-order valence-corrected chi connectivity index (χ2v) is 7.51. The van der Waals surface area contributed by atoms with E-state index in [4.69, 9.17) is 0 Å². The predicted octanol–water partition coefficient (Wildman–Crippen LogP) is 3.16. The molecule has 0 saturated carbocycles. The van der Waals surface area contributed by atoms with Crippen molar-refractivity contribution in [2.45, 2.75) is 39.7 Å². The zero-order valence-corrected chi connectivity index (χ0v) is 12.9. The van der Waals surface area contributed by atoms with Gasteiger partial charge in [-0.15, -0.1) is 11.3 Å². The van der Waals surface area contributed by atoms with E-state index in [0.717, 1.165) is 4.88 Å². The highest BCUT2D eigenvalue weighted by molar-refractivity contribution is 7.10. The minimum atomic E-state index is -0.810. The lowest BCUT2D eigenvalue weighted by Crippen LogP contribution is -2.48. The number of carboxylic acids is 1. The van der Waals surface area contributed by atoms with Gasteiger partial charge in [0.2, 0.25) is 5.91 Å². The third-order valence-electron chi connectivity index (χ3n) is 3.50. The molecule has 2 rings (SSSR count). The molecule has 0 unspecified atom stereocenters. The summed E-state index contributed by atoms with van der Waals surface area (Å²) in [6.45, 7) is 6.78. The molecule has 0 aliphatic carbocycles. The molecule has 0 bridgehead atoms. The molecule has 0 radical (unpaired) electrons. The van der Waals surface area contributed by atoms with Crippen LogP contribution in [0.2, 0.25) is 0 Å². The van der Waals surface area contributed by atoms with Gasteiger partial charge in [-0.05, 0) is 23.3 Å². The van der Waals surface area contributed by atoms with Crippen molar-refractivity contribution in [1.29, 1.82) is 0 Å². The van der Waals surface area contributed by atoms with Gasteiger partial charge in [0, 0.05) is 17.8 Å². The minimum Gasteiger partial charge on any atom is -0.481 e. The summed E-state index contributed by atoms with van der Waals surface area (Å²) in [4.78, 5) is 26.6. The highest BCUT2D eigenvalue weighted by Crippen LogP contribution is 2.40. The quantitative estimate of drug-likeness (QED) is 0.932. The predicted molar refractivity (Wildman–Crippen MR) is 78.6 cm³/mol. The molecule has 1 N–H and O–H groups in total. The van der Waals surface area contributed by atoms with Gasteiger partial charge in [0.05, 0.1) is 12.0 Å². The molecule has 110 valence electrons. The van der Waals surface area contributed by atoms with Crippen molar-refractivity contribution in [1.82, 2.24) is 4.90 Å². The first-order valence-corrected chi connectivity index (χ1v) is 7.73. The molecule has 1 fully saturated rings. The molecule has 2 heterocycles. The van der Waals surface area contributed by atoms with Gasteiger partial charge in [0.25, 0.3) is 0 Å². The number of aliphatic carboxylic acids is 1. The van der Waals surface area contributed by atoms with E-state index in [1.165, 1.54) is 11.3 Å². The Kier molecular flexibility index (Phi) is 4.18. The molecule has 4 nitrogen and oxygen atoms in total. The monoisotopic (exact) mass is 295 g/mol. The number of hydrogen-bond donors (Lipinski definition) is 1. The van der Waals surface area contributed by atoms with E-state index >= 15 is 0 Å². The summed E-state index contributed by atoms with van der Waals surface area (Å²) in [6.07, 6.45) is 0.756. The number of rotatable bonds is 3. The van der Waals surface area contributed by atoms with Gasteiger partial charge in [-0.1, -0.05) is 26.8 Å². The van der Waals surface area contributed by atoms with Gasteiger partial charge in [0.1, 0.15) is 0 Å². The summed E-state index contributed by atoms with van der Waals surface area (Å²) >= 11 is 1.53. The first-order valence-electron chi connectivity index (χ1n) is 6.85. The SMILES string of the molecule is CC(C)(C)CN1C(=O)CC[C@@H](C(=O)O)[C@@H]1c1cccs1. The van der Waals surface area contributed by atoms with E-state index in [0.29, 0.717) is 19.4 Å². The lowest BCUT2D eigenvalue weighted by atomic mass is 9.85. The van der Waals surface area contributed by atoms with Crippen LogP contribution < -0.4 is 0 Å². The first-order chi connectivity index (χ1) is 9.29. The van der Waals surface area contributed by atoms with Crippen molar-refractivity contribution in [2.24, 2.45) is 11.3 Å². The Morgan fingerprint density at radius 2 is 2.20 bits per heavy atom. The van der Waals surface area contributed by atoms with Gasteiger partial charge in [0.15, 0.2) is 0 Å². The van der Waals surface area contributed by atoms with Crippen molar-refractivity contribution in [3.05, 3.63) is 22.4 Å². The van der Waals surface area contributed by atoms with Crippen LogP contribution in [0.1, 0.15) is 44.5 Å². The van der Waals surface area contributed by atoms with Gasteiger partial charge >= 0.3 is 5.97 Å². The van der Waals surface area contributed by atoms with Crippen LogP contribution in [0, 0.1) is 11.3 Å². The summed E-state index contributed by atoms with van der Waals surface area (Å²) in [6, 6.07) is 3.51. The Bertz CT molecular complexity index is 490. The minimum absolute atomic E-state index is 0.0500. The van der Waals surface area contributed by atoms with Gasteiger partial charge in [-0.25, -0.2) is 0 Å². The lowest BCUT2D eigenvalue weighted by Gasteiger charge is -2.42. The molecular formula is C15H21NO3S. The van der Waals surface area contributed by atoms with Crippen LogP contribution in [0.4, 0.5) is 0 Å². The molecule has 1 amide bonds. The molecule has 1 aliphatic rings. The van der Waals surface area contributed by atoms with Crippen LogP contribution in [0.25, 0.3) is 0 Å². The lowest BCUT2D eigenvalue weighted by molar-refractivity contribution is -0.153. The summed E-state index contributed by atoms with van der Waals surface area (Å²) in [5, 5.41) is 11.4. The van der Waals surface area contributed by atoms with E-state index in [1.54, 1.807) is 4.90 Å². The van der Waals surface area contributed by atoms with Crippen molar-refractivity contribution < 1.29 is 14.7 Å². The van der Waals surface area contributed by atoms with Crippen LogP contribution >= 0.6 is 11.3 Å². The molecule has 5 heteroatoms. The average Bonchev–Trinajstić information content (AvgIpc) is 2.82. The standard InChI is InChI=1S/C15H21NO3S/c1-15(2,3)9-16-12(17)7-6-10(14(18)19)13(16)11-5-4-8-20-11/h4-5,8,10,13H,6-7,9H2,1-3H3,(H,18,19)/t10-,13-/m1/s1. The summed E-state index contributed by atoms with van der Waals surface area (Å²) in [5.41, 5.74) is -0.0500. The maximum Gasteiger partial charge on any atom is 0.308 e. The number of carbonyl (C=O) groups is 2. The Morgan fingerprint density at radius 1 is 1.50 bits per heavy atom. The Balaban J connectivity index is 2.37. The third kappa shape index (κ3) is 3.20. The highest BCUT2D eigenvalue weighted by atomic mass is 32.1. The Labute approximate surface area is 123 Å². The van der Waals surface area contributed by atoms with Gasteiger partial charge < -0.3 is 10.0 Å². The number of carbonyl (C=O) groups excluding carboxylic acids is 1. The van der Waals surface area contributed by atoms with E-state index in [9.17, 15) is 14.7 Å². The average molecular weight is 295 g/mol. The molecule has 20 heavy (non-hydrogen) atoms. The van der Waals surface area contributed by atoms with Gasteiger partial charge in [-0.2, -0.15) is 0 Å². The molecular weight excluding hydrogens is 274 g/mol. The van der Waals surface area contributed by atoms with Crippen molar-refractivity contribution in [2.75, 3.05) is 6.54 Å². The van der Waals surface area contributed by atoms with Crippen LogP contribution in [0.3, 0.4) is 0 Å². The fraction of sp³-hybridized carbons (Fsp3) is 0.600. The number of amides is 1. The summed E-state index contributed by atoms with van der Waals surface area (Å²) in [5.74, 6) is -1.25. The molecule has 1 aromatic rings. The second-order valence-electron chi connectivity index (χ2n) is 6.53. The number of nitrogens with zero attached hydrogens (tertiary/aromatic N) is 1. The van der Waals surface area contributed by atoms with E-state index in [-0.39, 0.29) is 17.4 Å². The fourth-order valence-electron chi connectivity index (χ4n) is 2.72. The number of likely N-dealkylation sites (tertiary alicyclic amines) is 1. The number of piperidine rings is 1. The van der Waals surface area contributed by atoms with Crippen LogP contribution in [0.5, 0.6) is 0 Å². The molecule has 1 aliphatic heterocycles. The van der Waals surface area contributed by atoms with Crippen LogP contribution in [-0.4, -0.2) is 28.4 Å². The number of hydrogen-bond acceptors (Lipinski definition) is 3. The second kappa shape index (κ2) is 5.56. The van der Waals surface area contributed by atoms with Gasteiger partial charge in [-0.3, -0.25) is 9.59 Å². The zero-order valence-electron chi connectivity index (χ0n) is 12.1. The maximum atomic E-state index is 12.3. The van der Waals surface area contributed by atoms with E-state index in [2.05, 4.69) is 20.8 Å². The highest BCUT2D eigenvalue weighted by Gasteiger charge is 2.42. The third-order valence-corrected chi connectivity index (χ3v) is 4.45. The maximum absolute atomic E-state index is 12.3. The largest absolute Gasteiger partial charge is 0.481 e. The smallest absolute Gasteiger partial charge is 0.308 e.